The monoisotopic (exact) mass is 380 g/mol. The Bertz CT molecular complexity index is 882. The highest BCUT2D eigenvalue weighted by molar-refractivity contribution is 7.20. The number of carbonyl (C=O) groups is 1. The van der Waals surface area contributed by atoms with E-state index in [1.54, 1.807) is 0 Å². The largest absolute Gasteiger partial charge is 0.506 e. The lowest BCUT2D eigenvalue weighted by atomic mass is 9.86. The molecule has 1 aromatic carbocycles. The van der Waals surface area contributed by atoms with E-state index < -0.39 is 0 Å². The summed E-state index contributed by atoms with van der Waals surface area (Å²) < 4.78 is 0. The molecule has 27 heavy (non-hydrogen) atoms. The average Bonchev–Trinajstić information content (AvgIpc) is 2.66. The lowest BCUT2D eigenvalue weighted by Crippen LogP contribution is -2.32. The van der Waals surface area contributed by atoms with Crippen LogP contribution in [0.25, 0.3) is 0 Å². The standard InChI is InChI=1S/C21H26BN2O2P/c1-4-13-6-5-7-16-18(13)19(25)17(12(2)24(16)3)21(26)23-15-10-8-14(9-11-15)20(22)27/h7-11,20,25H,2,4-6,22,27H2,1,3H3,(H,23,26). The third kappa shape index (κ3) is 3.61. The molecule has 0 saturated heterocycles. The van der Waals surface area contributed by atoms with Crippen molar-refractivity contribution in [2.24, 2.45) is 0 Å². The first-order valence-electron chi connectivity index (χ1n) is 9.31. The van der Waals surface area contributed by atoms with Crippen LogP contribution in [0.5, 0.6) is 0 Å². The van der Waals surface area contributed by atoms with Crippen LogP contribution in [0.2, 0.25) is 0 Å². The minimum atomic E-state index is -0.344. The average molecular weight is 380 g/mol. The molecule has 0 bridgehead atoms. The fourth-order valence-electron chi connectivity index (χ4n) is 3.62. The van der Waals surface area contributed by atoms with E-state index >= 15 is 0 Å². The second-order valence-electron chi connectivity index (χ2n) is 7.05. The van der Waals surface area contributed by atoms with E-state index in [-0.39, 0.29) is 17.2 Å². The van der Waals surface area contributed by atoms with Gasteiger partial charge in [-0.1, -0.05) is 37.3 Å². The first-order chi connectivity index (χ1) is 12.8. The number of nitrogens with one attached hydrogen (secondary N) is 1. The Hall–Kier alpha value is -2.26. The molecule has 0 aromatic heterocycles. The summed E-state index contributed by atoms with van der Waals surface area (Å²) in [6, 6.07) is 7.73. The van der Waals surface area contributed by atoms with E-state index in [2.05, 4.69) is 42.0 Å². The SMILES string of the molecule is BC(P)c1ccc(NC(=O)C2=C(O)C3=C(CC)CCC=C3N(C)C2=C)cc1. The zero-order valence-corrected chi connectivity index (χ0v) is 17.3. The van der Waals surface area contributed by atoms with Crippen molar-refractivity contribution in [1.82, 2.24) is 4.90 Å². The Balaban J connectivity index is 1.96. The molecule has 3 rings (SSSR count). The number of carbonyl (C=O) groups excluding carboxylic acids is 1. The second-order valence-corrected chi connectivity index (χ2v) is 8.05. The summed E-state index contributed by atoms with van der Waals surface area (Å²) in [7, 11) is 6.74. The van der Waals surface area contributed by atoms with Crippen LogP contribution in [0.3, 0.4) is 0 Å². The number of allylic oxidation sites excluding steroid dienone is 2. The molecule has 4 nitrogen and oxygen atoms in total. The van der Waals surface area contributed by atoms with Gasteiger partial charge in [0.1, 0.15) is 19.2 Å². The molecule has 0 saturated carbocycles. The van der Waals surface area contributed by atoms with Crippen molar-refractivity contribution in [1.29, 1.82) is 0 Å². The summed E-state index contributed by atoms with van der Waals surface area (Å²) in [5, 5.41) is 13.8. The van der Waals surface area contributed by atoms with Crippen molar-refractivity contribution in [2.45, 2.75) is 31.7 Å². The molecule has 2 unspecified atom stereocenters. The topological polar surface area (TPSA) is 52.6 Å². The number of fused-ring (bicyclic) bond motifs is 1. The van der Waals surface area contributed by atoms with Crippen molar-refractivity contribution in [3.63, 3.8) is 0 Å². The summed E-state index contributed by atoms with van der Waals surface area (Å²) in [6.07, 6.45) is 4.80. The van der Waals surface area contributed by atoms with Crippen molar-refractivity contribution >= 4 is 28.7 Å². The summed E-state index contributed by atoms with van der Waals surface area (Å²) in [4.78, 5) is 14.9. The fourth-order valence-corrected chi connectivity index (χ4v) is 3.84. The number of hydrogen-bond acceptors (Lipinski definition) is 3. The summed E-state index contributed by atoms with van der Waals surface area (Å²) in [6.45, 7) is 6.13. The molecule has 2 aliphatic rings. The van der Waals surface area contributed by atoms with Crippen LogP contribution in [-0.2, 0) is 4.79 Å². The molecule has 2 N–H and O–H groups in total. The number of nitrogens with zero attached hydrogens (tertiary/aromatic N) is 1. The quantitative estimate of drug-likeness (QED) is 0.618. The number of benzene rings is 1. The number of aliphatic hydroxyl groups is 1. The molecule has 0 fully saturated rings. The zero-order chi connectivity index (χ0) is 19.7. The Kier molecular flexibility index (Phi) is 5.62. The molecule has 2 atom stereocenters. The van der Waals surface area contributed by atoms with Crippen LogP contribution in [0.4, 0.5) is 5.69 Å². The van der Waals surface area contributed by atoms with Crippen LogP contribution in [0.15, 0.2) is 70.8 Å². The first kappa shape index (κ1) is 19.5. The third-order valence-electron chi connectivity index (χ3n) is 5.27. The van der Waals surface area contributed by atoms with Crippen molar-refractivity contribution < 1.29 is 9.90 Å². The minimum Gasteiger partial charge on any atom is -0.506 e. The maximum absolute atomic E-state index is 13.0. The lowest BCUT2D eigenvalue weighted by Gasteiger charge is -2.36. The number of anilines is 1. The van der Waals surface area contributed by atoms with Gasteiger partial charge < -0.3 is 15.3 Å². The maximum atomic E-state index is 13.0. The molecule has 0 radical (unpaired) electrons. The Morgan fingerprint density at radius 2 is 2.07 bits per heavy atom. The number of amides is 1. The molecule has 1 heterocycles. The molecular weight excluding hydrogens is 354 g/mol. The van der Waals surface area contributed by atoms with Crippen molar-refractivity contribution in [3.8, 4) is 0 Å². The van der Waals surface area contributed by atoms with Gasteiger partial charge in [0.2, 0.25) is 0 Å². The molecule has 140 valence electrons. The van der Waals surface area contributed by atoms with Crippen LogP contribution in [0, 0.1) is 0 Å². The zero-order valence-electron chi connectivity index (χ0n) is 16.2. The van der Waals surface area contributed by atoms with E-state index in [9.17, 15) is 9.90 Å². The van der Waals surface area contributed by atoms with E-state index in [4.69, 9.17) is 0 Å². The van der Waals surface area contributed by atoms with E-state index in [0.717, 1.165) is 30.5 Å². The fraction of sp³-hybridized carbons (Fsp3) is 0.286. The van der Waals surface area contributed by atoms with E-state index in [0.29, 0.717) is 16.9 Å². The predicted molar refractivity (Wildman–Crippen MR) is 117 cm³/mol. The van der Waals surface area contributed by atoms with Gasteiger partial charge in [-0.25, -0.2) is 0 Å². The third-order valence-corrected chi connectivity index (χ3v) is 5.65. The van der Waals surface area contributed by atoms with Gasteiger partial charge in [0, 0.05) is 24.0 Å². The van der Waals surface area contributed by atoms with E-state index in [1.165, 1.54) is 11.1 Å². The van der Waals surface area contributed by atoms with Crippen LogP contribution in [-0.4, -0.2) is 30.8 Å². The number of aliphatic hydroxyl groups excluding tert-OH is 1. The molecule has 1 aliphatic heterocycles. The highest BCUT2D eigenvalue weighted by Crippen LogP contribution is 2.41. The lowest BCUT2D eigenvalue weighted by molar-refractivity contribution is -0.112. The molecule has 1 aromatic rings. The van der Waals surface area contributed by atoms with Gasteiger partial charge in [-0.05, 0) is 42.5 Å². The van der Waals surface area contributed by atoms with Gasteiger partial charge in [-0.15, -0.1) is 9.24 Å². The van der Waals surface area contributed by atoms with Gasteiger partial charge >= 0.3 is 0 Å². The number of hydrogen-bond donors (Lipinski definition) is 2. The predicted octanol–water partition coefficient (Wildman–Crippen LogP) is 3.79. The molecule has 1 aliphatic carbocycles. The van der Waals surface area contributed by atoms with Crippen molar-refractivity contribution in [2.75, 3.05) is 12.4 Å². The van der Waals surface area contributed by atoms with E-state index in [1.807, 2.05) is 36.2 Å². The van der Waals surface area contributed by atoms with Gasteiger partial charge in [0.25, 0.3) is 5.91 Å². The number of likely N-dealkylation sites (N-methyl/N-ethyl adjacent to an activating group) is 1. The smallest absolute Gasteiger partial charge is 0.261 e. The van der Waals surface area contributed by atoms with Gasteiger partial charge in [-0.2, -0.15) is 0 Å². The van der Waals surface area contributed by atoms with Gasteiger partial charge in [0.05, 0.1) is 5.70 Å². The second kappa shape index (κ2) is 7.78. The van der Waals surface area contributed by atoms with Crippen LogP contribution in [0.1, 0.15) is 37.3 Å². The Morgan fingerprint density at radius 1 is 1.41 bits per heavy atom. The summed E-state index contributed by atoms with van der Waals surface area (Å²) in [5.41, 5.74) is 5.87. The minimum absolute atomic E-state index is 0.0357. The molecule has 6 heteroatoms. The highest BCUT2D eigenvalue weighted by Gasteiger charge is 2.34. The molecule has 0 spiro atoms. The first-order valence-corrected chi connectivity index (χ1v) is 9.97. The summed E-state index contributed by atoms with van der Waals surface area (Å²) >= 11 is 0. The molecule has 1 amide bonds. The Morgan fingerprint density at radius 3 is 2.67 bits per heavy atom. The highest BCUT2D eigenvalue weighted by atomic mass is 31.0. The van der Waals surface area contributed by atoms with Gasteiger partial charge in [0.15, 0.2) is 0 Å². The van der Waals surface area contributed by atoms with Gasteiger partial charge in [-0.3, -0.25) is 4.79 Å². The van der Waals surface area contributed by atoms with Crippen LogP contribution < -0.4 is 5.32 Å². The maximum Gasteiger partial charge on any atom is 0.261 e. The number of rotatable bonds is 4. The Labute approximate surface area is 164 Å². The normalized spacial score (nSPS) is 18.3. The summed E-state index contributed by atoms with van der Waals surface area (Å²) in [5.74, 6) is -0.308. The molecular formula is C21H26BN2O2P. The van der Waals surface area contributed by atoms with Crippen LogP contribution >= 0.6 is 9.24 Å². The van der Waals surface area contributed by atoms with Crippen molar-refractivity contribution in [3.05, 3.63) is 76.4 Å².